The Labute approximate surface area is 162 Å². The summed E-state index contributed by atoms with van der Waals surface area (Å²) in [7, 11) is 0. The number of rotatable bonds is 5. The highest BCUT2D eigenvalue weighted by Gasteiger charge is 2.30. The number of carbonyl (C=O) groups is 2. The summed E-state index contributed by atoms with van der Waals surface area (Å²) < 4.78 is 38.5. The van der Waals surface area contributed by atoms with Gasteiger partial charge in [0.05, 0.1) is 11.3 Å². The van der Waals surface area contributed by atoms with Gasteiger partial charge in [-0.2, -0.15) is 13.2 Å². The number of hydrogen-bond acceptors (Lipinski definition) is 2. The summed E-state index contributed by atoms with van der Waals surface area (Å²) in [5.74, 6) is -0.772. The minimum atomic E-state index is -4.50. The van der Waals surface area contributed by atoms with Crippen LogP contribution in [0.2, 0.25) is 0 Å². The first-order valence-electron chi connectivity index (χ1n) is 8.85. The second kappa shape index (κ2) is 8.46. The summed E-state index contributed by atoms with van der Waals surface area (Å²) in [4.78, 5) is 26.1. The number of anilines is 2. The number of alkyl halides is 3. The van der Waals surface area contributed by atoms with E-state index in [1.54, 1.807) is 0 Å². The molecule has 2 rings (SSSR count). The number of nitrogens with zero attached hydrogens (tertiary/aromatic N) is 1. The molecule has 4 nitrogen and oxygen atoms in total. The van der Waals surface area contributed by atoms with E-state index in [0.717, 1.165) is 23.3 Å². The third-order valence-corrected chi connectivity index (χ3v) is 4.32. The van der Waals surface area contributed by atoms with Gasteiger partial charge in [0.2, 0.25) is 11.8 Å². The molecule has 0 heterocycles. The minimum Gasteiger partial charge on any atom is -0.325 e. The van der Waals surface area contributed by atoms with Crippen molar-refractivity contribution >= 4 is 23.2 Å². The second-order valence-electron chi connectivity index (χ2n) is 6.90. The van der Waals surface area contributed by atoms with Gasteiger partial charge in [0.15, 0.2) is 0 Å². The Bertz CT molecular complexity index is 876. The van der Waals surface area contributed by atoms with E-state index in [9.17, 15) is 22.8 Å². The summed E-state index contributed by atoms with van der Waals surface area (Å²) in [6.45, 7) is 6.88. The first kappa shape index (κ1) is 21.5. The van der Waals surface area contributed by atoms with Crippen LogP contribution in [-0.4, -0.2) is 18.4 Å². The van der Waals surface area contributed by atoms with Crippen LogP contribution in [0.4, 0.5) is 24.5 Å². The molecule has 0 aromatic heterocycles. The van der Waals surface area contributed by atoms with E-state index in [0.29, 0.717) is 5.69 Å². The van der Waals surface area contributed by atoms with Gasteiger partial charge in [-0.3, -0.25) is 9.59 Å². The van der Waals surface area contributed by atoms with E-state index in [-0.39, 0.29) is 24.1 Å². The molecule has 0 saturated heterocycles. The lowest BCUT2D eigenvalue weighted by atomic mass is 9.97. The van der Waals surface area contributed by atoms with Gasteiger partial charge in [0.1, 0.15) is 6.54 Å². The molecule has 0 bridgehead atoms. The van der Waals surface area contributed by atoms with E-state index < -0.39 is 17.6 Å². The molecule has 0 aliphatic carbocycles. The van der Waals surface area contributed by atoms with E-state index in [2.05, 4.69) is 5.32 Å². The zero-order valence-electron chi connectivity index (χ0n) is 16.2. The summed E-state index contributed by atoms with van der Waals surface area (Å²) >= 11 is 0. The monoisotopic (exact) mass is 392 g/mol. The van der Waals surface area contributed by atoms with Crippen molar-refractivity contribution in [1.82, 2.24) is 0 Å². The van der Waals surface area contributed by atoms with Gasteiger partial charge in [0.25, 0.3) is 0 Å². The molecule has 2 amide bonds. The maximum absolute atomic E-state index is 12.8. The SMILES string of the molecule is CC(=O)N(CC(=O)Nc1cccc(C(F)(F)F)c1)c1c(C)cccc1C(C)C. The molecule has 0 atom stereocenters. The maximum Gasteiger partial charge on any atom is 0.416 e. The topological polar surface area (TPSA) is 49.4 Å². The molecule has 0 spiro atoms. The molecule has 2 aromatic rings. The Morgan fingerprint density at radius 2 is 1.75 bits per heavy atom. The number of amides is 2. The highest BCUT2D eigenvalue weighted by atomic mass is 19.4. The number of hydrogen-bond donors (Lipinski definition) is 1. The van der Waals surface area contributed by atoms with E-state index in [4.69, 9.17) is 0 Å². The van der Waals surface area contributed by atoms with E-state index >= 15 is 0 Å². The fourth-order valence-electron chi connectivity index (χ4n) is 2.98. The quantitative estimate of drug-likeness (QED) is 0.767. The number of carbonyl (C=O) groups excluding carboxylic acids is 2. The van der Waals surface area contributed by atoms with Crippen LogP contribution < -0.4 is 10.2 Å². The predicted octanol–water partition coefficient (Wildman–Crippen LogP) is 5.13. The van der Waals surface area contributed by atoms with Crippen molar-refractivity contribution in [2.45, 2.75) is 39.8 Å². The third-order valence-electron chi connectivity index (χ3n) is 4.32. The summed E-state index contributed by atoms with van der Waals surface area (Å²) in [6.07, 6.45) is -4.50. The predicted molar refractivity (Wildman–Crippen MR) is 103 cm³/mol. The highest BCUT2D eigenvalue weighted by Crippen LogP contribution is 2.32. The van der Waals surface area contributed by atoms with Crippen molar-refractivity contribution in [3.8, 4) is 0 Å². The number of para-hydroxylation sites is 1. The van der Waals surface area contributed by atoms with Gasteiger partial charge in [-0.25, -0.2) is 0 Å². The number of benzene rings is 2. The number of nitrogens with one attached hydrogen (secondary N) is 1. The van der Waals surface area contributed by atoms with E-state index in [1.165, 1.54) is 24.0 Å². The van der Waals surface area contributed by atoms with Crippen LogP contribution in [-0.2, 0) is 15.8 Å². The van der Waals surface area contributed by atoms with Crippen LogP contribution in [0.3, 0.4) is 0 Å². The van der Waals surface area contributed by atoms with Crippen LogP contribution in [0.5, 0.6) is 0 Å². The van der Waals surface area contributed by atoms with Crippen molar-refractivity contribution in [1.29, 1.82) is 0 Å². The third kappa shape index (κ3) is 5.12. The second-order valence-corrected chi connectivity index (χ2v) is 6.90. The van der Waals surface area contributed by atoms with Crippen LogP contribution >= 0.6 is 0 Å². The number of aryl methyl sites for hydroxylation is 1. The average molecular weight is 392 g/mol. The highest BCUT2D eigenvalue weighted by molar-refractivity contribution is 6.02. The van der Waals surface area contributed by atoms with Crippen molar-refractivity contribution < 1.29 is 22.8 Å². The summed E-state index contributed by atoms with van der Waals surface area (Å²) in [5, 5.41) is 2.44. The van der Waals surface area contributed by atoms with Crippen molar-refractivity contribution in [3.05, 3.63) is 59.2 Å². The molecule has 28 heavy (non-hydrogen) atoms. The van der Waals surface area contributed by atoms with Gasteiger partial charge in [-0.15, -0.1) is 0 Å². The molecule has 7 heteroatoms. The van der Waals surface area contributed by atoms with Gasteiger partial charge in [-0.1, -0.05) is 38.1 Å². The lowest BCUT2D eigenvalue weighted by Crippen LogP contribution is -2.37. The Balaban J connectivity index is 2.27. The Kier molecular flexibility index (Phi) is 6.48. The Morgan fingerprint density at radius 3 is 2.32 bits per heavy atom. The van der Waals surface area contributed by atoms with Crippen LogP contribution in [0.25, 0.3) is 0 Å². The van der Waals surface area contributed by atoms with Crippen LogP contribution in [0, 0.1) is 6.92 Å². The van der Waals surface area contributed by atoms with Gasteiger partial charge in [0, 0.05) is 12.6 Å². The van der Waals surface area contributed by atoms with Gasteiger partial charge in [-0.05, 0) is 42.2 Å². The fourth-order valence-corrected chi connectivity index (χ4v) is 2.98. The first-order chi connectivity index (χ1) is 13.0. The lowest BCUT2D eigenvalue weighted by molar-refractivity contribution is -0.137. The summed E-state index contributed by atoms with van der Waals surface area (Å²) in [5.41, 5.74) is 1.59. The molecule has 0 fully saturated rings. The molecule has 0 saturated carbocycles. The molecule has 0 unspecified atom stereocenters. The molecule has 0 aliphatic heterocycles. The molecule has 150 valence electrons. The van der Waals surface area contributed by atoms with Crippen molar-refractivity contribution in [3.63, 3.8) is 0 Å². The smallest absolute Gasteiger partial charge is 0.325 e. The molecule has 2 aromatic carbocycles. The van der Waals surface area contributed by atoms with Crippen LogP contribution in [0.15, 0.2) is 42.5 Å². The summed E-state index contributed by atoms with van der Waals surface area (Å²) in [6, 6.07) is 10.0. The molecular weight excluding hydrogens is 369 g/mol. The Hall–Kier alpha value is -2.83. The average Bonchev–Trinajstić information content (AvgIpc) is 2.59. The fraction of sp³-hybridized carbons (Fsp3) is 0.333. The van der Waals surface area contributed by atoms with E-state index in [1.807, 2.05) is 39.0 Å². The minimum absolute atomic E-state index is 0.0252. The normalized spacial score (nSPS) is 11.4. The van der Waals surface area contributed by atoms with Gasteiger partial charge < -0.3 is 10.2 Å². The van der Waals surface area contributed by atoms with Crippen molar-refractivity contribution in [2.75, 3.05) is 16.8 Å². The zero-order valence-corrected chi connectivity index (χ0v) is 16.2. The maximum atomic E-state index is 12.8. The van der Waals surface area contributed by atoms with Gasteiger partial charge >= 0.3 is 6.18 Å². The largest absolute Gasteiger partial charge is 0.416 e. The molecule has 1 N–H and O–H groups in total. The first-order valence-corrected chi connectivity index (χ1v) is 8.85. The van der Waals surface area contributed by atoms with Crippen molar-refractivity contribution in [2.24, 2.45) is 0 Å². The standard InChI is InChI=1S/C21H23F3N2O2/c1-13(2)18-10-5-7-14(3)20(18)26(15(4)27)12-19(28)25-17-9-6-8-16(11-17)21(22,23)24/h5-11,13H,12H2,1-4H3,(H,25,28). The van der Waals surface area contributed by atoms with Crippen LogP contribution in [0.1, 0.15) is 43.4 Å². The molecule has 0 radical (unpaired) electrons. The lowest BCUT2D eigenvalue weighted by Gasteiger charge is -2.27. The molecule has 0 aliphatic rings. The Morgan fingerprint density at radius 1 is 1.11 bits per heavy atom. The molecular formula is C21H23F3N2O2. The number of halogens is 3. The zero-order chi connectivity index (χ0) is 21.1.